The van der Waals surface area contributed by atoms with E-state index in [-0.39, 0.29) is 0 Å². The molecule has 0 spiro atoms. The van der Waals surface area contributed by atoms with Crippen LogP contribution in [-0.2, 0) is 4.74 Å². The number of nitriles is 1. The number of hydrogen-bond donors (Lipinski definition) is 0. The zero-order valence-corrected chi connectivity index (χ0v) is 13.5. The quantitative estimate of drug-likeness (QED) is 0.801. The zero-order valence-electron chi connectivity index (χ0n) is 12.7. The van der Waals surface area contributed by atoms with Gasteiger partial charge in [0.25, 0.3) is 0 Å². The smallest absolute Gasteiger partial charge is 0.342 e. The van der Waals surface area contributed by atoms with Gasteiger partial charge in [-0.25, -0.2) is 9.78 Å². The number of nitrogens with zero attached hydrogens (tertiary/aromatic N) is 2. The van der Waals surface area contributed by atoms with Crippen LogP contribution in [0.3, 0.4) is 0 Å². The highest BCUT2D eigenvalue weighted by Gasteiger charge is 2.17. The van der Waals surface area contributed by atoms with Crippen molar-refractivity contribution >= 4 is 17.7 Å². The first kappa shape index (κ1) is 16.1. The Bertz CT molecular complexity index is 738. The standard InChI is InChI=1S/C17H16N2O2S/c1-11-6-7-14(9-12(11)2)22-16-15(5-4-8-19-16)17(20)21-13(3)10-18/h4-9,13H,1-3H3/t13-/m1/s1. The highest BCUT2D eigenvalue weighted by molar-refractivity contribution is 7.99. The minimum Gasteiger partial charge on any atom is -0.444 e. The molecule has 0 bridgehead atoms. The normalized spacial score (nSPS) is 11.5. The summed E-state index contributed by atoms with van der Waals surface area (Å²) in [6.07, 6.45) is 0.848. The summed E-state index contributed by atoms with van der Waals surface area (Å²) >= 11 is 1.41. The molecule has 0 amide bonds. The second-order valence-electron chi connectivity index (χ2n) is 4.88. The molecule has 2 rings (SSSR count). The number of carbonyl (C=O) groups excluding carboxylic acids is 1. The van der Waals surface area contributed by atoms with Crippen molar-refractivity contribution in [2.24, 2.45) is 0 Å². The number of pyridine rings is 1. The van der Waals surface area contributed by atoms with Crippen molar-refractivity contribution in [3.8, 4) is 6.07 Å². The molecule has 4 nitrogen and oxygen atoms in total. The average Bonchev–Trinajstić information content (AvgIpc) is 2.51. The minimum atomic E-state index is -0.785. The molecule has 0 aliphatic rings. The molecule has 0 unspecified atom stereocenters. The Labute approximate surface area is 134 Å². The maximum Gasteiger partial charge on any atom is 0.342 e. The molecule has 112 valence electrons. The lowest BCUT2D eigenvalue weighted by Crippen LogP contribution is -2.14. The van der Waals surface area contributed by atoms with Crippen LogP contribution in [0.15, 0.2) is 46.5 Å². The first-order valence-corrected chi connectivity index (χ1v) is 7.63. The summed E-state index contributed by atoms with van der Waals surface area (Å²) in [5, 5.41) is 9.31. The van der Waals surface area contributed by atoms with Crippen molar-refractivity contribution in [2.45, 2.75) is 36.8 Å². The van der Waals surface area contributed by atoms with Crippen LogP contribution < -0.4 is 0 Å². The van der Waals surface area contributed by atoms with Gasteiger partial charge in [0, 0.05) is 11.1 Å². The molecule has 0 aliphatic carbocycles. The highest BCUT2D eigenvalue weighted by Crippen LogP contribution is 2.30. The number of aryl methyl sites for hydroxylation is 2. The minimum absolute atomic E-state index is 0.368. The molecule has 0 radical (unpaired) electrons. The van der Waals surface area contributed by atoms with Gasteiger partial charge in [0.15, 0.2) is 6.10 Å². The van der Waals surface area contributed by atoms with E-state index in [0.717, 1.165) is 4.90 Å². The lowest BCUT2D eigenvalue weighted by Gasteiger charge is -2.10. The van der Waals surface area contributed by atoms with Crippen molar-refractivity contribution in [1.82, 2.24) is 4.98 Å². The molecule has 1 heterocycles. The van der Waals surface area contributed by atoms with E-state index in [1.807, 2.05) is 25.1 Å². The summed E-state index contributed by atoms with van der Waals surface area (Å²) in [4.78, 5) is 17.4. The molecule has 0 saturated heterocycles. The zero-order chi connectivity index (χ0) is 16.1. The van der Waals surface area contributed by atoms with Crippen LogP contribution in [-0.4, -0.2) is 17.1 Å². The van der Waals surface area contributed by atoms with E-state index in [9.17, 15) is 4.79 Å². The number of hydrogen-bond acceptors (Lipinski definition) is 5. The van der Waals surface area contributed by atoms with E-state index >= 15 is 0 Å². The molecule has 5 heteroatoms. The van der Waals surface area contributed by atoms with Gasteiger partial charge < -0.3 is 4.74 Å². The van der Waals surface area contributed by atoms with Gasteiger partial charge in [-0.1, -0.05) is 17.8 Å². The average molecular weight is 312 g/mol. The summed E-state index contributed by atoms with van der Waals surface area (Å²) in [5.74, 6) is -0.534. The molecule has 1 aromatic heterocycles. The fourth-order valence-corrected chi connectivity index (χ4v) is 2.74. The molecule has 1 aromatic carbocycles. The van der Waals surface area contributed by atoms with E-state index in [1.165, 1.54) is 29.8 Å². The summed E-state index contributed by atoms with van der Waals surface area (Å²) in [6, 6.07) is 11.3. The fraction of sp³-hybridized carbons (Fsp3) is 0.235. The van der Waals surface area contributed by atoms with E-state index in [2.05, 4.69) is 18.0 Å². The Morgan fingerprint density at radius 2 is 2.09 bits per heavy atom. The molecular weight excluding hydrogens is 296 g/mol. The first-order chi connectivity index (χ1) is 10.5. The molecule has 1 atom stereocenters. The van der Waals surface area contributed by atoms with Crippen LogP contribution in [0.2, 0.25) is 0 Å². The Balaban J connectivity index is 2.26. The van der Waals surface area contributed by atoms with Gasteiger partial charge in [-0.05, 0) is 56.2 Å². The molecule has 22 heavy (non-hydrogen) atoms. The molecule has 0 N–H and O–H groups in total. The highest BCUT2D eigenvalue weighted by atomic mass is 32.2. The van der Waals surface area contributed by atoms with Crippen LogP contribution in [0.5, 0.6) is 0 Å². The van der Waals surface area contributed by atoms with Crippen molar-refractivity contribution < 1.29 is 9.53 Å². The lowest BCUT2D eigenvalue weighted by atomic mass is 10.1. The van der Waals surface area contributed by atoms with Crippen LogP contribution in [0.1, 0.15) is 28.4 Å². The van der Waals surface area contributed by atoms with Crippen molar-refractivity contribution in [3.63, 3.8) is 0 Å². The Morgan fingerprint density at radius 1 is 1.32 bits per heavy atom. The number of carbonyl (C=O) groups is 1. The van der Waals surface area contributed by atoms with Crippen LogP contribution >= 0.6 is 11.8 Å². The predicted molar refractivity (Wildman–Crippen MR) is 84.8 cm³/mol. The van der Waals surface area contributed by atoms with Gasteiger partial charge in [0.1, 0.15) is 11.1 Å². The van der Waals surface area contributed by atoms with Crippen LogP contribution in [0.4, 0.5) is 0 Å². The molecule has 0 saturated carbocycles. The van der Waals surface area contributed by atoms with Crippen molar-refractivity contribution in [2.75, 3.05) is 0 Å². The number of benzene rings is 1. The second kappa shape index (κ2) is 7.10. The number of ether oxygens (including phenoxy) is 1. The van der Waals surface area contributed by atoms with E-state index < -0.39 is 12.1 Å². The maximum absolute atomic E-state index is 12.1. The predicted octanol–water partition coefficient (Wildman–Crippen LogP) is 3.92. The van der Waals surface area contributed by atoms with Crippen molar-refractivity contribution in [3.05, 3.63) is 53.2 Å². The second-order valence-corrected chi connectivity index (χ2v) is 5.94. The third-order valence-electron chi connectivity index (χ3n) is 3.15. The Hall–Kier alpha value is -2.32. The van der Waals surface area contributed by atoms with Gasteiger partial charge in [-0.3, -0.25) is 0 Å². The number of rotatable bonds is 4. The van der Waals surface area contributed by atoms with Gasteiger partial charge in [0.2, 0.25) is 0 Å². The Morgan fingerprint density at radius 3 is 2.77 bits per heavy atom. The van der Waals surface area contributed by atoms with Crippen LogP contribution in [0, 0.1) is 25.2 Å². The molecule has 2 aromatic rings. The molecular formula is C17H16N2O2S. The summed E-state index contributed by atoms with van der Waals surface area (Å²) in [6.45, 7) is 5.63. The topological polar surface area (TPSA) is 63.0 Å². The third-order valence-corrected chi connectivity index (χ3v) is 4.16. The largest absolute Gasteiger partial charge is 0.444 e. The monoisotopic (exact) mass is 312 g/mol. The summed E-state index contributed by atoms with van der Waals surface area (Å²) in [7, 11) is 0. The lowest BCUT2D eigenvalue weighted by molar-refractivity contribution is 0.0430. The van der Waals surface area contributed by atoms with Gasteiger partial charge >= 0.3 is 5.97 Å². The van der Waals surface area contributed by atoms with Crippen molar-refractivity contribution in [1.29, 1.82) is 5.26 Å². The van der Waals surface area contributed by atoms with Gasteiger partial charge in [-0.2, -0.15) is 5.26 Å². The third kappa shape index (κ3) is 3.86. The maximum atomic E-state index is 12.1. The summed E-state index contributed by atoms with van der Waals surface area (Å²) < 4.78 is 5.05. The number of aromatic nitrogens is 1. The SMILES string of the molecule is Cc1ccc(Sc2ncccc2C(=O)O[C@H](C)C#N)cc1C. The van der Waals surface area contributed by atoms with Crippen LogP contribution in [0.25, 0.3) is 0 Å². The number of esters is 1. The Kier molecular flexibility index (Phi) is 5.18. The van der Waals surface area contributed by atoms with Gasteiger partial charge in [0.05, 0.1) is 5.56 Å². The van der Waals surface area contributed by atoms with E-state index in [0.29, 0.717) is 10.6 Å². The summed E-state index contributed by atoms with van der Waals surface area (Å²) in [5.41, 5.74) is 2.77. The molecule has 0 aliphatic heterocycles. The molecule has 0 fully saturated rings. The van der Waals surface area contributed by atoms with E-state index in [4.69, 9.17) is 10.00 Å². The fourth-order valence-electron chi connectivity index (χ4n) is 1.77. The van der Waals surface area contributed by atoms with Gasteiger partial charge in [-0.15, -0.1) is 0 Å². The first-order valence-electron chi connectivity index (χ1n) is 6.82. The van der Waals surface area contributed by atoms with E-state index in [1.54, 1.807) is 18.3 Å².